The van der Waals surface area contributed by atoms with Gasteiger partial charge in [-0.3, -0.25) is 14.4 Å². The summed E-state index contributed by atoms with van der Waals surface area (Å²) >= 11 is 0. The number of hydrogen-bond donors (Lipinski definition) is 3. The number of aliphatic hydroxyl groups is 1. The zero-order chi connectivity index (χ0) is 47.4. The lowest BCUT2D eigenvalue weighted by atomic mass is 9.76. The SMILES string of the molecule is CC1(C)C(/C=C2\C(=O)C(/C=C3\N(CCCNC(=O)CCCCC4CCSS4)c4ccc5ccccc5c4C3(C)C)=C2O)=[N+](CCCNC(=O)CCCCC2CCSS2)c2ccc3ccccc3c21. The van der Waals surface area contributed by atoms with Crippen molar-refractivity contribution in [1.82, 2.24) is 10.6 Å². The molecule has 2 atom stereocenters. The fourth-order valence-electron chi connectivity index (χ4n) is 11.0. The topological polar surface area (TPSA) is 102 Å². The van der Waals surface area contributed by atoms with Gasteiger partial charge in [0, 0.05) is 95.4 Å². The van der Waals surface area contributed by atoms with Gasteiger partial charge in [-0.15, -0.1) is 0 Å². The van der Waals surface area contributed by atoms with E-state index in [1.54, 1.807) is 0 Å². The Morgan fingerprint density at radius 3 is 1.91 bits per heavy atom. The fourth-order valence-corrected chi connectivity index (χ4v) is 17.1. The Hall–Kier alpha value is -4.10. The highest BCUT2D eigenvalue weighted by Crippen LogP contribution is 2.52. The van der Waals surface area contributed by atoms with Crippen LogP contribution >= 0.6 is 43.2 Å². The number of carbonyl (C=O) groups excluding carboxylic acids is 3. The molecule has 1 aliphatic carbocycles. The standard InChI is InChI=1S/C56H66N4O4S4/c1-55(2)47(59(45-25-23-37-15-5-9-19-41(37)51(45)55)31-13-29-57-49(61)21-11-7-17-39-27-33-65-67-39)35-43-53(63)44(54(43)64)36-48-56(3,4)52-42-20-10-6-16-38(42)24-26-46(52)60(48)32-14-30-58-50(62)22-12-8-18-40-28-34-66-68-40/h5-6,9-10,15-16,19-20,23-26,35-36,39-40H,7-8,11-14,17-18,21-22,27-34H2,1-4H3,(H2-,57,58,61,62,63,64)/p+1. The number of ketones is 1. The van der Waals surface area contributed by atoms with E-state index >= 15 is 0 Å². The second kappa shape index (κ2) is 21.5. The maximum Gasteiger partial charge on any atom is 0.219 e. The van der Waals surface area contributed by atoms with E-state index in [0.29, 0.717) is 50.2 Å². The molecule has 8 nitrogen and oxygen atoms in total. The van der Waals surface area contributed by atoms with Gasteiger partial charge in [0.1, 0.15) is 5.76 Å². The molecule has 2 unspecified atom stereocenters. The molecule has 12 heteroatoms. The summed E-state index contributed by atoms with van der Waals surface area (Å²) in [5.41, 5.74) is 6.17. The molecule has 4 aromatic rings. The molecule has 4 aliphatic heterocycles. The number of hydrogen-bond acceptors (Lipinski definition) is 9. The molecule has 0 saturated carbocycles. The van der Waals surface area contributed by atoms with Gasteiger partial charge >= 0.3 is 0 Å². The molecule has 4 aromatic carbocycles. The van der Waals surface area contributed by atoms with Crippen molar-refractivity contribution >= 4 is 99.4 Å². The lowest BCUT2D eigenvalue weighted by molar-refractivity contribution is -0.437. The molecular weight excluding hydrogens is 921 g/mol. The van der Waals surface area contributed by atoms with E-state index in [2.05, 4.69) is 121 Å². The number of rotatable bonds is 20. The van der Waals surface area contributed by atoms with Crippen molar-refractivity contribution in [2.24, 2.45) is 0 Å². The monoisotopic (exact) mass is 987 g/mol. The van der Waals surface area contributed by atoms with Crippen molar-refractivity contribution in [2.75, 3.05) is 42.6 Å². The van der Waals surface area contributed by atoms with Crippen LogP contribution in [-0.4, -0.2) is 81.2 Å². The first-order valence-electron chi connectivity index (χ1n) is 24.9. The molecule has 0 bridgehead atoms. The zero-order valence-electron chi connectivity index (χ0n) is 40.2. The summed E-state index contributed by atoms with van der Waals surface area (Å²) in [6.45, 7) is 11.3. The van der Waals surface area contributed by atoms with Crippen molar-refractivity contribution in [3.63, 3.8) is 0 Å². The average molecular weight is 988 g/mol. The van der Waals surface area contributed by atoms with Gasteiger partial charge in [0.05, 0.1) is 16.6 Å². The number of Topliss-reactive ketones (excluding diaryl/α,β-unsaturated/α-hetero) is 1. The van der Waals surface area contributed by atoms with Crippen LogP contribution in [0.3, 0.4) is 0 Å². The van der Waals surface area contributed by atoms with Gasteiger partial charge in [-0.2, -0.15) is 4.58 Å². The average Bonchev–Trinajstić information content (AvgIpc) is 4.14. The van der Waals surface area contributed by atoms with Crippen LogP contribution in [0.2, 0.25) is 0 Å². The minimum absolute atomic E-state index is 0.0122. The Morgan fingerprint density at radius 2 is 1.31 bits per heavy atom. The Bertz CT molecular complexity index is 2710. The summed E-state index contributed by atoms with van der Waals surface area (Å²) in [7, 11) is 7.94. The summed E-state index contributed by atoms with van der Waals surface area (Å²) in [6.07, 6.45) is 15.4. The first-order chi connectivity index (χ1) is 32.9. The molecule has 2 saturated heterocycles. The van der Waals surface area contributed by atoms with Crippen LogP contribution in [-0.2, 0) is 25.2 Å². The number of fused-ring (bicyclic) bond motifs is 6. The number of allylic oxidation sites excluding steroid dienone is 5. The zero-order valence-corrected chi connectivity index (χ0v) is 43.4. The largest absolute Gasteiger partial charge is 0.506 e. The molecule has 9 rings (SSSR count). The molecule has 2 fully saturated rings. The van der Waals surface area contributed by atoms with E-state index in [1.807, 2.05) is 55.3 Å². The predicted molar refractivity (Wildman–Crippen MR) is 291 cm³/mol. The number of nitrogens with one attached hydrogen (secondary N) is 2. The van der Waals surface area contributed by atoms with Crippen molar-refractivity contribution in [3.05, 3.63) is 119 Å². The first kappa shape index (κ1) is 48.9. The number of aliphatic hydroxyl groups excluding tert-OH is 1. The quantitative estimate of drug-likeness (QED) is 0.0346. The van der Waals surface area contributed by atoms with Gasteiger partial charge in [-0.1, -0.05) is 124 Å². The molecule has 68 heavy (non-hydrogen) atoms. The fraction of sp³-hybridized carbons (Fsp3) is 0.464. The Labute approximate surface area is 418 Å². The Balaban J connectivity index is 0.943. The van der Waals surface area contributed by atoms with E-state index in [1.165, 1.54) is 59.1 Å². The highest BCUT2D eigenvalue weighted by molar-refractivity contribution is 8.77. The molecule has 0 spiro atoms. The minimum atomic E-state index is -0.479. The van der Waals surface area contributed by atoms with Crippen LogP contribution in [0, 0.1) is 0 Å². The van der Waals surface area contributed by atoms with Crippen LogP contribution < -0.4 is 15.5 Å². The maximum atomic E-state index is 14.5. The molecule has 0 aromatic heterocycles. The lowest BCUT2D eigenvalue weighted by Crippen LogP contribution is -2.33. The van der Waals surface area contributed by atoms with Gasteiger partial charge in [0.25, 0.3) is 0 Å². The molecule has 4 heterocycles. The molecule has 358 valence electrons. The highest BCUT2D eigenvalue weighted by Gasteiger charge is 2.48. The number of amides is 2. The van der Waals surface area contributed by atoms with Gasteiger partial charge < -0.3 is 20.6 Å². The van der Waals surface area contributed by atoms with Gasteiger partial charge in [0.2, 0.25) is 23.3 Å². The van der Waals surface area contributed by atoms with Crippen LogP contribution in [0.1, 0.15) is 116 Å². The van der Waals surface area contributed by atoms with E-state index in [9.17, 15) is 19.5 Å². The highest BCUT2D eigenvalue weighted by atomic mass is 33.1. The lowest BCUT2D eigenvalue weighted by Gasteiger charge is -2.29. The maximum absolute atomic E-state index is 14.5. The van der Waals surface area contributed by atoms with Gasteiger partial charge in [-0.05, 0) is 104 Å². The van der Waals surface area contributed by atoms with E-state index in [4.69, 9.17) is 0 Å². The number of nitrogens with zero attached hydrogens (tertiary/aromatic N) is 2. The summed E-state index contributed by atoms with van der Waals surface area (Å²) in [5, 5.41) is 24.5. The van der Waals surface area contributed by atoms with Crippen molar-refractivity contribution in [3.8, 4) is 0 Å². The van der Waals surface area contributed by atoms with E-state index in [0.717, 1.165) is 82.6 Å². The molecule has 2 amide bonds. The summed E-state index contributed by atoms with van der Waals surface area (Å²) in [6, 6.07) is 25.6. The summed E-state index contributed by atoms with van der Waals surface area (Å²) in [5.74, 6) is 2.53. The smallest absolute Gasteiger partial charge is 0.219 e. The third-order valence-corrected chi connectivity index (χ3v) is 20.7. The molecule has 5 aliphatic rings. The van der Waals surface area contributed by atoms with Crippen molar-refractivity contribution < 1.29 is 24.1 Å². The van der Waals surface area contributed by atoms with Crippen LogP contribution in [0.4, 0.5) is 11.4 Å². The number of unbranched alkanes of at least 4 members (excludes halogenated alkanes) is 2. The number of benzene rings is 4. The van der Waals surface area contributed by atoms with Gasteiger partial charge in [-0.25, -0.2) is 0 Å². The van der Waals surface area contributed by atoms with Crippen molar-refractivity contribution in [1.29, 1.82) is 0 Å². The molecular formula is C56H67N4O4S4+. The van der Waals surface area contributed by atoms with Crippen molar-refractivity contribution in [2.45, 2.75) is 126 Å². The Morgan fingerprint density at radius 1 is 0.721 bits per heavy atom. The van der Waals surface area contributed by atoms with E-state index < -0.39 is 10.8 Å². The summed E-state index contributed by atoms with van der Waals surface area (Å²) in [4.78, 5) is 42.5. The number of carbonyl (C=O) groups is 3. The summed E-state index contributed by atoms with van der Waals surface area (Å²) < 4.78 is 2.30. The van der Waals surface area contributed by atoms with Crippen LogP contribution in [0.25, 0.3) is 21.5 Å². The second-order valence-corrected chi connectivity index (χ2v) is 25.6. The van der Waals surface area contributed by atoms with Crippen LogP contribution in [0.5, 0.6) is 0 Å². The first-order valence-corrected chi connectivity index (χ1v) is 29.7. The molecule has 0 radical (unpaired) electrons. The van der Waals surface area contributed by atoms with E-state index in [-0.39, 0.29) is 23.4 Å². The number of anilines is 1. The normalized spacial score (nSPS) is 21.6. The Kier molecular flexibility index (Phi) is 15.5. The predicted octanol–water partition coefficient (Wildman–Crippen LogP) is 12.8. The third-order valence-electron chi connectivity index (χ3n) is 14.6. The molecule has 3 N–H and O–H groups in total. The van der Waals surface area contributed by atoms with Gasteiger partial charge in [0.15, 0.2) is 12.3 Å². The third kappa shape index (κ3) is 10.2. The second-order valence-electron chi connectivity index (χ2n) is 20.0. The van der Waals surface area contributed by atoms with Crippen LogP contribution in [0.15, 0.2) is 108 Å². The minimum Gasteiger partial charge on any atom is -0.506 e.